The largest absolute Gasteiger partial charge is 0.383 e. The molecule has 0 saturated carbocycles. The van der Waals surface area contributed by atoms with Crippen LogP contribution in [0.4, 0.5) is 20.3 Å². The summed E-state index contributed by atoms with van der Waals surface area (Å²) in [6.45, 7) is 2.03. The number of methoxy groups -OCH3 is 1. The van der Waals surface area contributed by atoms with Crippen LogP contribution in [-0.4, -0.2) is 35.7 Å². The summed E-state index contributed by atoms with van der Waals surface area (Å²) in [6.07, 6.45) is 2.46. The first-order valence-corrected chi connectivity index (χ1v) is 8.86. The van der Waals surface area contributed by atoms with Crippen LogP contribution in [0.3, 0.4) is 0 Å². The van der Waals surface area contributed by atoms with Gasteiger partial charge < -0.3 is 10.5 Å². The summed E-state index contributed by atoms with van der Waals surface area (Å²) in [5, 5.41) is 0. The zero-order valence-corrected chi connectivity index (χ0v) is 16.1. The number of amides is 1. The molecule has 0 aliphatic heterocycles. The van der Waals surface area contributed by atoms with Gasteiger partial charge in [-0.15, -0.1) is 0 Å². The van der Waals surface area contributed by atoms with Gasteiger partial charge in [0.1, 0.15) is 17.5 Å². The molecule has 0 aliphatic rings. The second-order valence-electron chi connectivity index (χ2n) is 6.10. The number of hydrogen-bond acceptors (Lipinski definition) is 5. The van der Waals surface area contributed by atoms with E-state index in [1.54, 1.807) is 0 Å². The number of nitrogens with zero attached hydrogens (tertiary/aromatic N) is 2. The van der Waals surface area contributed by atoms with Crippen LogP contribution in [0, 0.1) is 11.6 Å². The molecular formula is C19H22F2N4O4. The minimum Gasteiger partial charge on any atom is -0.383 e. The van der Waals surface area contributed by atoms with E-state index < -0.39 is 34.4 Å². The first-order valence-electron chi connectivity index (χ1n) is 8.86. The Bertz CT molecular complexity index is 1010. The molecule has 0 spiro atoms. The van der Waals surface area contributed by atoms with Crippen molar-refractivity contribution < 1.29 is 18.3 Å². The van der Waals surface area contributed by atoms with Crippen molar-refractivity contribution >= 4 is 23.5 Å². The summed E-state index contributed by atoms with van der Waals surface area (Å²) < 4.78 is 33.7. The molecule has 156 valence electrons. The summed E-state index contributed by atoms with van der Waals surface area (Å²) in [7, 11) is 1.40. The fourth-order valence-electron chi connectivity index (χ4n) is 2.71. The quantitative estimate of drug-likeness (QED) is 0.643. The molecule has 1 aromatic carbocycles. The maximum Gasteiger partial charge on any atom is 0.330 e. The SMILES string of the molecule is CCCn1c(N)c(N(CCOC)C(=O)C=Cc2c(F)cccc2F)c(=O)[nH]c1=O. The number of aromatic nitrogens is 2. The fourth-order valence-corrected chi connectivity index (χ4v) is 2.71. The van der Waals surface area contributed by atoms with E-state index in [1.165, 1.54) is 13.2 Å². The molecule has 3 N–H and O–H groups in total. The van der Waals surface area contributed by atoms with Crippen molar-refractivity contribution in [3.63, 3.8) is 0 Å². The standard InChI is InChI=1S/C19H22F2N4O4/c1-3-9-25-17(22)16(18(27)23-19(25)28)24(10-11-29-2)15(26)8-7-12-13(20)5-4-6-14(12)21/h4-8H,3,9-11,22H2,1-2H3,(H,23,27,28). The van der Waals surface area contributed by atoms with Gasteiger partial charge in [0, 0.05) is 31.8 Å². The van der Waals surface area contributed by atoms with E-state index in [4.69, 9.17) is 10.5 Å². The van der Waals surface area contributed by atoms with E-state index in [0.29, 0.717) is 6.42 Å². The zero-order chi connectivity index (χ0) is 21.6. The molecule has 0 atom stereocenters. The highest BCUT2D eigenvalue weighted by atomic mass is 19.1. The maximum absolute atomic E-state index is 13.8. The van der Waals surface area contributed by atoms with Crippen LogP contribution in [0.1, 0.15) is 18.9 Å². The lowest BCUT2D eigenvalue weighted by Gasteiger charge is -2.23. The lowest BCUT2D eigenvalue weighted by molar-refractivity contribution is -0.114. The van der Waals surface area contributed by atoms with E-state index in [9.17, 15) is 23.2 Å². The topological polar surface area (TPSA) is 110 Å². The Morgan fingerprint density at radius 3 is 2.55 bits per heavy atom. The number of aromatic amines is 1. The van der Waals surface area contributed by atoms with Crippen LogP contribution in [0.15, 0.2) is 33.9 Å². The maximum atomic E-state index is 13.8. The minimum atomic E-state index is -0.852. The number of nitrogens with one attached hydrogen (secondary N) is 1. The molecule has 0 unspecified atom stereocenters. The van der Waals surface area contributed by atoms with E-state index in [1.807, 2.05) is 6.92 Å². The number of halogens is 2. The molecule has 0 radical (unpaired) electrons. The van der Waals surface area contributed by atoms with Crippen molar-refractivity contribution in [3.05, 3.63) is 62.3 Å². The summed E-state index contributed by atoms with van der Waals surface area (Å²) in [5.41, 5.74) is 3.82. The van der Waals surface area contributed by atoms with E-state index in [0.717, 1.165) is 33.8 Å². The number of nitrogen functional groups attached to an aromatic ring is 1. The van der Waals surface area contributed by atoms with Gasteiger partial charge in [-0.05, 0) is 24.6 Å². The van der Waals surface area contributed by atoms with Crippen LogP contribution in [0.2, 0.25) is 0 Å². The average molecular weight is 408 g/mol. The Morgan fingerprint density at radius 1 is 1.31 bits per heavy atom. The molecule has 1 heterocycles. The predicted molar refractivity (Wildman–Crippen MR) is 106 cm³/mol. The van der Waals surface area contributed by atoms with Crippen molar-refractivity contribution in [2.24, 2.45) is 0 Å². The molecular weight excluding hydrogens is 386 g/mol. The van der Waals surface area contributed by atoms with Crippen LogP contribution >= 0.6 is 0 Å². The number of H-pyrrole nitrogens is 1. The van der Waals surface area contributed by atoms with Crippen LogP contribution in [0.25, 0.3) is 6.08 Å². The smallest absolute Gasteiger partial charge is 0.330 e. The monoisotopic (exact) mass is 408 g/mol. The number of benzene rings is 1. The molecule has 0 saturated heterocycles. The first-order chi connectivity index (χ1) is 13.8. The first kappa shape index (κ1) is 22.0. The number of rotatable bonds is 8. The number of carbonyl (C=O) groups is 1. The van der Waals surface area contributed by atoms with Crippen molar-refractivity contribution in [1.29, 1.82) is 0 Å². The Hall–Kier alpha value is -3.27. The molecule has 2 rings (SSSR count). The number of nitrogens with two attached hydrogens (primary N) is 1. The van der Waals surface area contributed by atoms with E-state index in [-0.39, 0.29) is 31.2 Å². The van der Waals surface area contributed by atoms with Gasteiger partial charge >= 0.3 is 5.69 Å². The Balaban J connectivity index is 2.51. The third-order valence-corrected chi connectivity index (χ3v) is 4.11. The van der Waals surface area contributed by atoms with E-state index >= 15 is 0 Å². The van der Waals surface area contributed by atoms with Gasteiger partial charge in [-0.25, -0.2) is 13.6 Å². The molecule has 0 fully saturated rings. The second-order valence-corrected chi connectivity index (χ2v) is 6.10. The summed E-state index contributed by atoms with van der Waals surface area (Å²) in [5.74, 6) is -2.63. The van der Waals surface area contributed by atoms with Crippen molar-refractivity contribution in [3.8, 4) is 0 Å². The Morgan fingerprint density at radius 2 is 1.97 bits per heavy atom. The Kier molecular flexibility index (Phi) is 7.43. The third-order valence-electron chi connectivity index (χ3n) is 4.11. The van der Waals surface area contributed by atoms with Gasteiger partial charge in [0.2, 0.25) is 0 Å². The molecule has 8 nitrogen and oxygen atoms in total. The molecule has 1 amide bonds. The zero-order valence-electron chi connectivity index (χ0n) is 16.1. The number of ether oxygens (including phenoxy) is 1. The molecule has 0 bridgehead atoms. The molecule has 1 aromatic heterocycles. The highest BCUT2D eigenvalue weighted by Gasteiger charge is 2.22. The van der Waals surface area contributed by atoms with Gasteiger partial charge in [-0.2, -0.15) is 0 Å². The van der Waals surface area contributed by atoms with E-state index in [2.05, 4.69) is 4.98 Å². The van der Waals surface area contributed by atoms with Crippen molar-refractivity contribution in [1.82, 2.24) is 9.55 Å². The van der Waals surface area contributed by atoms with Gasteiger partial charge in [-0.3, -0.25) is 24.0 Å². The molecule has 0 aliphatic carbocycles. The second kappa shape index (κ2) is 9.78. The highest BCUT2D eigenvalue weighted by Crippen LogP contribution is 2.19. The van der Waals surface area contributed by atoms with Crippen LogP contribution in [-0.2, 0) is 16.1 Å². The van der Waals surface area contributed by atoms with Gasteiger partial charge in [0.05, 0.1) is 6.61 Å². The predicted octanol–water partition coefficient (Wildman–Crippen LogP) is 1.50. The van der Waals surface area contributed by atoms with Crippen molar-refractivity contribution in [2.75, 3.05) is 30.9 Å². The molecule has 29 heavy (non-hydrogen) atoms. The van der Waals surface area contributed by atoms with Gasteiger partial charge in [0.15, 0.2) is 5.69 Å². The highest BCUT2D eigenvalue weighted by molar-refractivity contribution is 6.05. The number of anilines is 2. The Labute approximate surface area is 165 Å². The van der Waals surface area contributed by atoms with Crippen molar-refractivity contribution in [2.45, 2.75) is 19.9 Å². The van der Waals surface area contributed by atoms with Gasteiger partial charge in [0.25, 0.3) is 11.5 Å². The normalized spacial score (nSPS) is 11.2. The number of carbonyl (C=O) groups excluding carboxylic acids is 1. The summed E-state index contributed by atoms with van der Waals surface area (Å²) in [4.78, 5) is 40.3. The van der Waals surface area contributed by atoms with Crippen LogP contribution in [0.5, 0.6) is 0 Å². The summed E-state index contributed by atoms with van der Waals surface area (Å²) in [6, 6.07) is 3.31. The summed E-state index contributed by atoms with van der Waals surface area (Å²) >= 11 is 0. The number of hydrogen-bond donors (Lipinski definition) is 2. The minimum absolute atomic E-state index is 0.0550. The third kappa shape index (κ3) is 4.96. The van der Waals surface area contributed by atoms with Gasteiger partial charge in [-0.1, -0.05) is 13.0 Å². The lowest BCUT2D eigenvalue weighted by Crippen LogP contribution is -2.42. The average Bonchev–Trinajstić information content (AvgIpc) is 2.67. The lowest BCUT2D eigenvalue weighted by atomic mass is 10.2. The molecule has 10 heteroatoms. The van der Waals surface area contributed by atoms with Crippen LogP contribution < -0.4 is 21.9 Å². The fraction of sp³-hybridized carbons (Fsp3) is 0.316. The molecule has 2 aromatic rings.